The van der Waals surface area contributed by atoms with Gasteiger partial charge in [-0.1, -0.05) is 36.4 Å². The SMILES string of the molecule is O=C1CCCc2cc3c(ccc4ccccc43)cc21. The maximum absolute atomic E-state index is 12.0. The summed E-state index contributed by atoms with van der Waals surface area (Å²) in [4.78, 5) is 12.0. The Morgan fingerprint density at radius 2 is 1.63 bits per heavy atom. The summed E-state index contributed by atoms with van der Waals surface area (Å²) < 4.78 is 0. The van der Waals surface area contributed by atoms with Gasteiger partial charge in [0.05, 0.1) is 0 Å². The third-order valence-corrected chi connectivity index (χ3v) is 4.12. The molecule has 0 aromatic heterocycles. The Morgan fingerprint density at radius 1 is 0.789 bits per heavy atom. The smallest absolute Gasteiger partial charge is 0.163 e. The topological polar surface area (TPSA) is 17.1 Å². The van der Waals surface area contributed by atoms with Crippen LogP contribution in [-0.2, 0) is 6.42 Å². The molecule has 19 heavy (non-hydrogen) atoms. The number of hydrogen-bond donors (Lipinski definition) is 0. The number of Topliss-reactive ketones (excluding diaryl/α,β-unsaturated/α-hetero) is 1. The number of carbonyl (C=O) groups is 1. The van der Waals surface area contributed by atoms with E-state index in [0.29, 0.717) is 12.2 Å². The van der Waals surface area contributed by atoms with Crippen LogP contribution in [0, 0.1) is 0 Å². The van der Waals surface area contributed by atoms with E-state index >= 15 is 0 Å². The zero-order chi connectivity index (χ0) is 12.8. The number of aryl methyl sites for hydroxylation is 1. The van der Waals surface area contributed by atoms with Crippen LogP contribution in [0.15, 0.2) is 48.5 Å². The fourth-order valence-corrected chi connectivity index (χ4v) is 3.14. The van der Waals surface area contributed by atoms with E-state index in [1.807, 2.05) is 0 Å². The molecule has 0 heterocycles. The van der Waals surface area contributed by atoms with Crippen LogP contribution in [0.4, 0.5) is 0 Å². The molecule has 0 unspecified atom stereocenters. The highest BCUT2D eigenvalue weighted by molar-refractivity contribution is 6.10. The molecule has 3 aromatic carbocycles. The summed E-state index contributed by atoms with van der Waals surface area (Å²) in [6, 6.07) is 17.0. The molecule has 0 spiro atoms. The van der Waals surface area contributed by atoms with Gasteiger partial charge in [-0.25, -0.2) is 0 Å². The summed E-state index contributed by atoms with van der Waals surface area (Å²) in [5.74, 6) is 0.302. The van der Waals surface area contributed by atoms with Crippen LogP contribution in [0.1, 0.15) is 28.8 Å². The highest BCUT2D eigenvalue weighted by Crippen LogP contribution is 2.31. The first-order chi connectivity index (χ1) is 9.33. The van der Waals surface area contributed by atoms with Gasteiger partial charge in [-0.05, 0) is 52.1 Å². The summed E-state index contributed by atoms with van der Waals surface area (Å²) in [5, 5.41) is 4.98. The average Bonchev–Trinajstić information content (AvgIpc) is 2.46. The largest absolute Gasteiger partial charge is 0.294 e. The van der Waals surface area contributed by atoms with E-state index in [0.717, 1.165) is 18.4 Å². The Hall–Kier alpha value is -2.15. The van der Waals surface area contributed by atoms with Gasteiger partial charge in [-0.3, -0.25) is 4.79 Å². The molecule has 1 aliphatic carbocycles. The number of hydrogen-bond acceptors (Lipinski definition) is 1. The third kappa shape index (κ3) is 1.58. The molecule has 0 radical (unpaired) electrons. The monoisotopic (exact) mass is 246 g/mol. The predicted octanol–water partition coefficient (Wildman–Crippen LogP) is 4.51. The molecule has 3 aromatic rings. The summed E-state index contributed by atoms with van der Waals surface area (Å²) in [7, 11) is 0. The van der Waals surface area contributed by atoms with Gasteiger partial charge in [-0.2, -0.15) is 0 Å². The van der Waals surface area contributed by atoms with Gasteiger partial charge in [0.1, 0.15) is 0 Å². The number of ketones is 1. The van der Waals surface area contributed by atoms with Crippen LogP contribution in [0.5, 0.6) is 0 Å². The van der Waals surface area contributed by atoms with Crippen LogP contribution in [-0.4, -0.2) is 5.78 Å². The molecule has 0 aliphatic heterocycles. The van der Waals surface area contributed by atoms with Crippen LogP contribution < -0.4 is 0 Å². The van der Waals surface area contributed by atoms with Gasteiger partial charge in [0.15, 0.2) is 5.78 Å². The minimum Gasteiger partial charge on any atom is -0.294 e. The molecular formula is C18H14O. The average molecular weight is 246 g/mol. The van der Waals surface area contributed by atoms with Gasteiger partial charge in [0.2, 0.25) is 0 Å². The minimum atomic E-state index is 0.302. The van der Waals surface area contributed by atoms with Crippen molar-refractivity contribution in [2.45, 2.75) is 19.3 Å². The normalized spacial score (nSPS) is 14.8. The summed E-state index contributed by atoms with van der Waals surface area (Å²) in [5.41, 5.74) is 2.16. The molecule has 0 saturated carbocycles. The minimum absolute atomic E-state index is 0.302. The van der Waals surface area contributed by atoms with E-state index in [1.54, 1.807) is 0 Å². The van der Waals surface area contributed by atoms with E-state index in [1.165, 1.54) is 27.1 Å². The Labute approximate surface area is 111 Å². The zero-order valence-corrected chi connectivity index (χ0v) is 10.6. The molecule has 0 bridgehead atoms. The van der Waals surface area contributed by atoms with E-state index in [-0.39, 0.29) is 0 Å². The molecule has 92 valence electrons. The van der Waals surface area contributed by atoms with Crippen molar-refractivity contribution in [2.24, 2.45) is 0 Å². The van der Waals surface area contributed by atoms with Crippen molar-refractivity contribution in [1.29, 1.82) is 0 Å². The van der Waals surface area contributed by atoms with E-state index in [9.17, 15) is 4.79 Å². The molecule has 4 rings (SSSR count). The maximum atomic E-state index is 12.0. The third-order valence-electron chi connectivity index (χ3n) is 4.12. The fraction of sp³-hybridized carbons (Fsp3) is 0.167. The number of benzene rings is 3. The first kappa shape index (κ1) is 10.7. The lowest BCUT2D eigenvalue weighted by atomic mass is 9.87. The summed E-state index contributed by atoms with van der Waals surface area (Å²) in [6.45, 7) is 0. The lowest BCUT2D eigenvalue weighted by Gasteiger charge is -2.16. The molecule has 0 atom stereocenters. The van der Waals surface area contributed by atoms with E-state index < -0.39 is 0 Å². The van der Waals surface area contributed by atoms with E-state index in [2.05, 4.69) is 48.5 Å². The highest BCUT2D eigenvalue weighted by atomic mass is 16.1. The second-order valence-corrected chi connectivity index (χ2v) is 5.29. The van der Waals surface area contributed by atoms with Crippen molar-refractivity contribution in [3.8, 4) is 0 Å². The van der Waals surface area contributed by atoms with Crippen molar-refractivity contribution in [1.82, 2.24) is 0 Å². The predicted molar refractivity (Wildman–Crippen MR) is 78.7 cm³/mol. The van der Waals surface area contributed by atoms with Gasteiger partial charge in [0.25, 0.3) is 0 Å². The number of rotatable bonds is 0. The van der Waals surface area contributed by atoms with Crippen molar-refractivity contribution >= 4 is 27.3 Å². The number of carbonyl (C=O) groups excluding carboxylic acids is 1. The molecular weight excluding hydrogens is 232 g/mol. The molecule has 1 nitrogen and oxygen atoms in total. The first-order valence-electron chi connectivity index (χ1n) is 6.80. The van der Waals surface area contributed by atoms with Gasteiger partial charge < -0.3 is 0 Å². The highest BCUT2D eigenvalue weighted by Gasteiger charge is 2.17. The molecule has 1 heteroatoms. The molecule has 1 aliphatic rings. The Morgan fingerprint density at radius 3 is 2.58 bits per heavy atom. The number of fused-ring (bicyclic) bond motifs is 4. The van der Waals surface area contributed by atoms with Crippen LogP contribution in [0.3, 0.4) is 0 Å². The van der Waals surface area contributed by atoms with Gasteiger partial charge >= 0.3 is 0 Å². The second kappa shape index (κ2) is 3.92. The van der Waals surface area contributed by atoms with Crippen LogP contribution >= 0.6 is 0 Å². The Balaban J connectivity index is 2.13. The quantitative estimate of drug-likeness (QED) is 0.533. The molecule has 0 amide bonds. The lowest BCUT2D eigenvalue weighted by Crippen LogP contribution is -2.10. The Bertz CT molecular complexity index is 814. The first-order valence-corrected chi connectivity index (χ1v) is 6.80. The molecule has 0 fully saturated rings. The van der Waals surface area contributed by atoms with E-state index in [4.69, 9.17) is 0 Å². The van der Waals surface area contributed by atoms with Gasteiger partial charge in [0, 0.05) is 12.0 Å². The van der Waals surface area contributed by atoms with Gasteiger partial charge in [-0.15, -0.1) is 0 Å². The standard InChI is InChI=1S/C18H14O/c19-18-7-3-5-13-10-16-14(11-17(13)18)9-8-12-4-1-2-6-15(12)16/h1-2,4,6,8-11H,3,5,7H2. The van der Waals surface area contributed by atoms with Crippen molar-refractivity contribution in [3.05, 3.63) is 59.7 Å². The second-order valence-electron chi connectivity index (χ2n) is 5.29. The fourth-order valence-electron chi connectivity index (χ4n) is 3.14. The van der Waals surface area contributed by atoms with Crippen LogP contribution in [0.2, 0.25) is 0 Å². The zero-order valence-electron chi connectivity index (χ0n) is 10.6. The summed E-state index contributed by atoms with van der Waals surface area (Å²) >= 11 is 0. The summed E-state index contributed by atoms with van der Waals surface area (Å²) in [6.07, 6.45) is 2.72. The maximum Gasteiger partial charge on any atom is 0.163 e. The molecule has 0 N–H and O–H groups in total. The van der Waals surface area contributed by atoms with Crippen molar-refractivity contribution < 1.29 is 4.79 Å². The lowest BCUT2D eigenvalue weighted by molar-refractivity contribution is 0.0972. The van der Waals surface area contributed by atoms with Crippen LogP contribution in [0.25, 0.3) is 21.5 Å². The van der Waals surface area contributed by atoms with Crippen molar-refractivity contribution in [3.63, 3.8) is 0 Å². The Kier molecular flexibility index (Phi) is 2.22. The van der Waals surface area contributed by atoms with Crippen molar-refractivity contribution in [2.75, 3.05) is 0 Å². The molecule has 0 saturated heterocycles.